The SMILES string of the molecule is C=C(NC)C(N)(CC)CC1CC1. The molecule has 1 atom stereocenters. The molecule has 0 amide bonds. The highest BCUT2D eigenvalue weighted by Gasteiger charge is 2.34. The van der Waals surface area contributed by atoms with Gasteiger partial charge in [-0.05, 0) is 18.8 Å². The van der Waals surface area contributed by atoms with Crippen LogP contribution in [0.4, 0.5) is 0 Å². The largest absolute Gasteiger partial charge is 0.390 e. The zero-order chi connectivity index (χ0) is 9.19. The van der Waals surface area contributed by atoms with Crippen LogP contribution in [0.25, 0.3) is 0 Å². The summed E-state index contributed by atoms with van der Waals surface area (Å²) >= 11 is 0. The monoisotopic (exact) mass is 168 g/mol. The first-order valence-electron chi connectivity index (χ1n) is 4.78. The van der Waals surface area contributed by atoms with Crippen molar-refractivity contribution in [1.29, 1.82) is 0 Å². The number of rotatable bonds is 5. The summed E-state index contributed by atoms with van der Waals surface area (Å²) in [6.45, 7) is 6.09. The third-order valence-corrected chi connectivity index (χ3v) is 2.88. The standard InChI is InChI=1S/C10H20N2/c1-4-10(11,8(2)12-3)7-9-5-6-9/h9,12H,2,4-7,11H2,1,3H3. The van der Waals surface area contributed by atoms with Gasteiger partial charge in [-0.2, -0.15) is 0 Å². The predicted molar refractivity (Wildman–Crippen MR) is 52.8 cm³/mol. The highest BCUT2D eigenvalue weighted by Crippen LogP contribution is 2.38. The number of nitrogens with one attached hydrogen (secondary N) is 1. The fourth-order valence-electron chi connectivity index (χ4n) is 1.57. The molecule has 1 unspecified atom stereocenters. The van der Waals surface area contributed by atoms with E-state index in [0.29, 0.717) is 0 Å². The van der Waals surface area contributed by atoms with E-state index in [-0.39, 0.29) is 5.54 Å². The van der Waals surface area contributed by atoms with E-state index in [1.54, 1.807) is 0 Å². The molecule has 1 aliphatic carbocycles. The maximum absolute atomic E-state index is 6.23. The number of hydrogen-bond donors (Lipinski definition) is 2. The molecular weight excluding hydrogens is 148 g/mol. The van der Waals surface area contributed by atoms with E-state index in [1.165, 1.54) is 12.8 Å². The van der Waals surface area contributed by atoms with Gasteiger partial charge in [-0.1, -0.05) is 26.3 Å². The quantitative estimate of drug-likeness (QED) is 0.654. The molecule has 0 aromatic rings. The fourth-order valence-corrected chi connectivity index (χ4v) is 1.57. The second-order valence-corrected chi connectivity index (χ2v) is 3.89. The van der Waals surface area contributed by atoms with Gasteiger partial charge in [0.2, 0.25) is 0 Å². The van der Waals surface area contributed by atoms with Crippen LogP contribution in [0.5, 0.6) is 0 Å². The van der Waals surface area contributed by atoms with Gasteiger partial charge in [-0.25, -0.2) is 0 Å². The second-order valence-electron chi connectivity index (χ2n) is 3.89. The van der Waals surface area contributed by atoms with Crippen molar-refractivity contribution in [3.05, 3.63) is 12.3 Å². The van der Waals surface area contributed by atoms with Crippen LogP contribution in [-0.4, -0.2) is 12.6 Å². The average molecular weight is 168 g/mol. The summed E-state index contributed by atoms with van der Waals surface area (Å²) in [6.07, 6.45) is 4.79. The van der Waals surface area contributed by atoms with Crippen molar-refractivity contribution in [2.75, 3.05) is 7.05 Å². The molecule has 12 heavy (non-hydrogen) atoms. The molecule has 2 heteroatoms. The Morgan fingerprint density at radius 2 is 2.25 bits per heavy atom. The van der Waals surface area contributed by atoms with E-state index in [0.717, 1.165) is 24.5 Å². The average Bonchev–Trinajstić information content (AvgIpc) is 2.86. The van der Waals surface area contributed by atoms with Crippen molar-refractivity contribution in [1.82, 2.24) is 5.32 Å². The maximum Gasteiger partial charge on any atom is 0.0552 e. The Balaban J connectivity index is 2.52. The van der Waals surface area contributed by atoms with E-state index in [2.05, 4.69) is 18.8 Å². The van der Waals surface area contributed by atoms with Crippen LogP contribution in [0.2, 0.25) is 0 Å². The first-order chi connectivity index (χ1) is 5.62. The first-order valence-corrected chi connectivity index (χ1v) is 4.78. The Morgan fingerprint density at radius 3 is 2.58 bits per heavy atom. The first kappa shape index (κ1) is 9.59. The molecule has 3 N–H and O–H groups in total. The summed E-state index contributed by atoms with van der Waals surface area (Å²) in [5.41, 5.74) is 7.04. The van der Waals surface area contributed by atoms with Gasteiger partial charge in [0.1, 0.15) is 0 Å². The van der Waals surface area contributed by atoms with Crippen LogP contribution in [0.3, 0.4) is 0 Å². The molecule has 0 aromatic heterocycles. The Morgan fingerprint density at radius 1 is 1.67 bits per heavy atom. The van der Waals surface area contributed by atoms with E-state index < -0.39 is 0 Å². The summed E-state index contributed by atoms with van der Waals surface area (Å²) in [5.74, 6) is 0.861. The number of likely N-dealkylation sites (N-methyl/N-ethyl adjacent to an activating group) is 1. The molecule has 0 radical (unpaired) electrons. The van der Waals surface area contributed by atoms with Crippen molar-refractivity contribution >= 4 is 0 Å². The molecule has 0 heterocycles. The molecule has 1 rings (SSSR count). The van der Waals surface area contributed by atoms with Gasteiger partial charge in [0.25, 0.3) is 0 Å². The Hall–Kier alpha value is -0.500. The minimum absolute atomic E-state index is 0.171. The molecule has 70 valence electrons. The lowest BCUT2D eigenvalue weighted by Crippen LogP contribution is -2.45. The summed E-state index contributed by atoms with van der Waals surface area (Å²) in [7, 11) is 1.90. The Kier molecular flexibility index (Phi) is 2.78. The smallest absolute Gasteiger partial charge is 0.0552 e. The topological polar surface area (TPSA) is 38.0 Å². The maximum atomic E-state index is 6.23. The van der Waals surface area contributed by atoms with Crippen LogP contribution in [0.15, 0.2) is 12.3 Å². The Bertz CT molecular complexity index is 173. The van der Waals surface area contributed by atoms with E-state index >= 15 is 0 Å². The molecule has 0 saturated heterocycles. The summed E-state index contributed by atoms with van der Waals surface area (Å²) in [5, 5.41) is 3.07. The summed E-state index contributed by atoms with van der Waals surface area (Å²) < 4.78 is 0. The van der Waals surface area contributed by atoms with Crippen molar-refractivity contribution < 1.29 is 0 Å². The molecule has 0 aromatic carbocycles. The van der Waals surface area contributed by atoms with Gasteiger partial charge in [-0.3, -0.25) is 0 Å². The van der Waals surface area contributed by atoms with Gasteiger partial charge in [0.15, 0.2) is 0 Å². The highest BCUT2D eigenvalue weighted by atomic mass is 14.9. The van der Waals surface area contributed by atoms with Crippen molar-refractivity contribution in [2.24, 2.45) is 11.7 Å². The van der Waals surface area contributed by atoms with Gasteiger partial charge >= 0.3 is 0 Å². The van der Waals surface area contributed by atoms with Gasteiger partial charge in [0.05, 0.1) is 5.54 Å². The van der Waals surface area contributed by atoms with Crippen LogP contribution in [0.1, 0.15) is 32.6 Å². The minimum Gasteiger partial charge on any atom is -0.390 e. The zero-order valence-corrected chi connectivity index (χ0v) is 8.19. The van der Waals surface area contributed by atoms with Crippen LogP contribution in [-0.2, 0) is 0 Å². The minimum atomic E-state index is -0.171. The molecule has 2 nitrogen and oxygen atoms in total. The molecule has 0 bridgehead atoms. The predicted octanol–water partition coefficient (Wildman–Crippen LogP) is 1.63. The van der Waals surface area contributed by atoms with Crippen LogP contribution >= 0.6 is 0 Å². The lowest BCUT2D eigenvalue weighted by molar-refractivity contribution is 0.403. The number of nitrogens with two attached hydrogens (primary N) is 1. The summed E-state index contributed by atoms with van der Waals surface area (Å²) in [4.78, 5) is 0. The zero-order valence-electron chi connectivity index (χ0n) is 8.19. The van der Waals surface area contributed by atoms with Crippen molar-refractivity contribution in [3.8, 4) is 0 Å². The lowest BCUT2D eigenvalue weighted by Gasteiger charge is -2.30. The van der Waals surface area contributed by atoms with Crippen LogP contribution in [0, 0.1) is 5.92 Å². The van der Waals surface area contributed by atoms with E-state index in [1.807, 2.05) is 7.05 Å². The van der Waals surface area contributed by atoms with Crippen LogP contribution < -0.4 is 11.1 Å². The molecule has 1 fully saturated rings. The van der Waals surface area contributed by atoms with Gasteiger partial charge < -0.3 is 11.1 Å². The third-order valence-electron chi connectivity index (χ3n) is 2.88. The molecule has 0 spiro atoms. The van der Waals surface area contributed by atoms with E-state index in [4.69, 9.17) is 5.73 Å². The Labute approximate surface area is 75.2 Å². The fraction of sp³-hybridized carbons (Fsp3) is 0.800. The lowest BCUT2D eigenvalue weighted by atomic mass is 9.88. The third kappa shape index (κ3) is 2.01. The highest BCUT2D eigenvalue weighted by molar-refractivity contribution is 5.14. The molecule has 1 saturated carbocycles. The van der Waals surface area contributed by atoms with Crippen molar-refractivity contribution in [3.63, 3.8) is 0 Å². The van der Waals surface area contributed by atoms with Gasteiger partial charge in [0, 0.05) is 12.7 Å². The second kappa shape index (κ2) is 3.48. The normalized spacial score (nSPS) is 21.6. The summed E-state index contributed by atoms with van der Waals surface area (Å²) in [6, 6.07) is 0. The number of hydrogen-bond acceptors (Lipinski definition) is 2. The molecule has 1 aliphatic rings. The van der Waals surface area contributed by atoms with Crippen molar-refractivity contribution in [2.45, 2.75) is 38.1 Å². The molecule has 0 aliphatic heterocycles. The van der Waals surface area contributed by atoms with Gasteiger partial charge in [-0.15, -0.1) is 0 Å². The molecular formula is C10H20N2. The van der Waals surface area contributed by atoms with E-state index in [9.17, 15) is 0 Å².